The van der Waals surface area contributed by atoms with Crippen molar-refractivity contribution in [3.05, 3.63) is 29.8 Å². The van der Waals surface area contributed by atoms with Crippen LogP contribution in [0.5, 0.6) is 5.75 Å². The van der Waals surface area contributed by atoms with Crippen LogP contribution in [0.4, 0.5) is 0 Å². The Balaban J connectivity index is 2.24. The number of nitrogens with one attached hydrogen (secondary N) is 2. The highest BCUT2D eigenvalue weighted by atomic mass is 16.5. The molecular weight excluding hydrogens is 250 g/mol. The number of hydrogen-bond donors (Lipinski definition) is 2. The van der Waals surface area contributed by atoms with E-state index < -0.39 is 0 Å². The van der Waals surface area contributed by atoms with E-state index in [0.717, 1.165) is 24.7 Å². The number of benzene rings is 1. The molecule has 0 unspecified atom stereocenters. The molecule has 1 aromatic rings. The van der Waals surface area contributed by atoms with E-state index in [9.17, 15) is 0 Å². The summed E-state index contributed by atoms with van der Waals surface area (Å²) in [5, 5.41) is 6.18. The highest BCUT2D eigenvalue weighted by molar-refractivity contribution is 5.79. The summed E-state index contributed by atoms with van der Waals surface area (Å²) in [4.78, 5) is 4.42. The van der Waals surface area contributed by atoms with Gasteiger partial charge in [0.2, 0.25) is 0 Å². The lowest BCUT2D eigenvalue weighted by Crippen LogP contribution is -2.37. The van der Waals surface area contributed by atoms with Gasteiger partial charge in [0.05, 0.1) is 13.2 Å². The second-order valence-corrected chi connectivity index (χ2v) is 4.33. The van der Waals surface area contributed by atoms with Gasteiger partial charge in [-0.15, -0.1) is 6.42 Å². The molecule has 0 aliphatic rings. The van der Waals surface area contributed by atoms with Crippen molar-refractivity contribution in [2.45, 2.75) is 20.3 Å². The van der Waals surface area contributed by atoms with Gasteiger partial charge in [-0.2, -0.15) is 0 Å². The summed E-state index contributed by atoms with van der Waals surface area (Å²) in [5.74, 6) is 4.18. The Morgan fingerprint density at radius 1 is 1.30 bits per heavy atom. The summed E-state index contributed by atoms with van der Waals surface area (Å²) in [7, 11) is 0. The Hall–Kier alpha value is -2.15. The van der Waals surface area contributed by atoms with Gasteiger partial charge in [-0.25, -0.2) is 0 Å². The molecule has 20 heavy (non-hydrogen) atoms. The van der Waals surface area contributed by atoms with Crippen LogP contribution < -0.4 is 15.4 Å². The van der Waals surface area contributed by atoms with Crippen molar-refractivity contribution in [1.82, 2.24) is 10.6 Å². The van der Waals surface area contributed by atoms with E-state index in [0.29, 0.717) is 19.7 Å². The van der Waals surface area contributed by atoms with Crippen LogP contribution in [0.25, 0.3) is 0 Å². The Kier molecular flexibility index (Phi) is 7.74. The van der Waals surface area contributed by atoms with Gasteiger partial charge in [-0.05, 0) is 26.0 Å². The zero-order valence-electron chi connectivity index (χ0n) is 12.3. The van der Waals surface area contributed by atoms with Crippen molar-refractivity contribution in [3.63, 3.8) is 0 Å². The van der Waals surface area contributed by atoms with Crippen LogP contribution in [0.1, 0.15) is 18.9 Å². The highest BCUT2D eigenvalue weighted by Gasteiger charge is 1.96. The van der Waals surface area contributed by atoms with Crippen LogP contribution in [0.3, 0.4) is 0 Å². The standard InChI is InChI=1S/C16H23N3O/c1-4-11-18-16(17-5-2)19-12-6-13-20-15-9-7-14(3)8-10-15/h1,7-10H,5-6,11-13H2,2-3H3,(H2,17,18,19). The van der Waals surface area contributed by atoms with Crippen LogP contribution in [-0.4, -0.2) is 32.2 Å². The predicted octanol–water partition coefficient (Wildman–Crippen LogP) is 1.95. The maximum Gasteiger partial charge on any atom is 0.192 e. The molecule has 0 bridgehead atoms. The lowest BCUT2D eigenvalue weighted by Gasteiger charge is -2.09. The summed E-state index contributed by atoms with van der Waals surface area (Å²) >= 11 is 0. The monoisotopic (exact) mass is 273 g/mol. The fourth-order valence-electron chi connectivity index (χ4n) is 1.56. The molecule has 0 aliphatic carbocycles. The average molecular weight is 273 g/mol. The molecule has 0 spiro atoms. The maximum atomic E-state index is 5.64. The number of aliphatic imine (C=N–C) groups is 1. The van der Waals surface area contributed by atoms with Crippen molar-refractivity contribution in [2.75, 3.05) is 26.2 Å². The summed E-state index contributed by atoms with van der Waals surface area (Å²) in [6, 6.07) is 8.05. The van der Waals surface area contributed by atoms with E-state index in [2.05, 4.69) is 28.5 Å². The lowest BCUT2D eigenvalue weighted by atomic mass is 10.2. The number of hydrogen-bond acceptors (Lipinski definition) is 2. The minimum Gasteiger partial charge on any atom is -0.494 e. The molecule has 0 saturated carbocycles. The fraction of sp³-hybridized carbons (Fsp3) is 0.438. The van der Waals surface area contributed by atoms with Gasteiger partial charge < -0.3 is 15.4 Å². The van der Waals surface area contributed by atoms with Crippen molar-refractivity contribution in [1.29, 1.82) is 0 Å². The molecule has 0 aromatic heterocycles. The normalized spacial score (nSPS) is 10.8. The molecule has 0 saturated heterocycles. The maximum absolute atomic E-state index is 5.64. The first-order chi connectivity index (χ1) is 9.76. The summed E-state index contributed by atoms with van der Waals surface area (Å²) in [6.07, 6.45) is 6.07. The minimum atomic E-state index is 0.478. The van der Waals surface area contributed by atoms with Crippen molar-refractivity contribution < 1.29 is 4.74 Å². The molecule has 0 aliphatic heterocycles. The molecule has 0 fully saturated rings. The first-order valence-corrected chi connectivity index (χ1v) is 6.91. The Labute approximate surface area is 121 Å². The molecule has 0 heterocycles. The lowest BCUT2D eigenvalue weighted by molar-refractivity contribution is 0.313. The van der Waals surface area contributed by atoms with Crippen molar-refractivity contribution in [3.8, 4) is 18.1 Å². The van der Waals surface area contributed by atoms with E-state index in [1.54, 1.807) is 0 Å². The zero-order chi connectivity index (χ0) is 14.6. The van der Waals surface area contributed by atoms with E-state index in [4.69, 9.17) is 11.2 Å². The SMILES string of the molecule is C#CCNC(=NCCCOc1ccc(C)cc1)NCC. The second kappa shape index (κ2) is 9.74. The summed E-state index contributed by atoms with van der Waals surface area (Å²) in [5.41, 5.74) is 1.23. The van der Waals surface area contributed by atoms with Gasteiger partial charge in [0.15, 0.2) is 5.96 Å². The van der Waals surface area contributed by atoms with Crippen molar-refractivity contribution >= 4 is 5.96 Å². The Morgan fingerprint density at radius 2 is 2.05 bits per heavy atom. The first kappa shape index (κ1) is 15.9. The van der Waals surface area contributed by atoms with E-state index in [-0.39, 0.29) is 0 Å². The minimum absolute atomic E-state index is 0.478. The molecule has 4 nitrogen and oxygen atoms in total. The van der Waals surface area contributed by atoms with Gasteiger partial charge in [0, 0.05) is 19.5 Å². The highest BCUT2D eigenvalue weighted by Crippen LogP contribution is 2.11. The Bertz CT molecular complexity index is 446. The zero-order valence-corrected chi connectivity index (χ0v) is 12.3. The average Bonchev–Trinajstić information content (AvgIpc) is 2.46. The first-order valence-electron chi connectivity index (χ1n) is 6.91. The van der Waals surface area contributed by atoms with Crippen molar-refractivity contribution in [2.24, 2.45) is 4.99 Å². The third-order valence-corrected chi connectivity index (χ3v) is 2.56. The molecule has 4 heteroatoms. The molecular formula is C16H23N3O. The molecule has 2 N–H and O–H groups in total. The van der Waals surface area contributed by atoms with Gasteiger partial charge in [0.1, 0.15) is 5.75 Å². The van der Waals surface area contributed by atoms with Gasteiger partial charge in [-0.3, -0.25) is 4.99 Å². The molecule has 1 rings (SSSR count). The molecule has 0 amide bonds. The third kappa shape index (κ3) is 6.69. The van der Waals surface area contributed by atoms with Gasteiger partial charge in [0.25, 0.3) is 0 Å². The number of rotatable bonds is 7. The van der Waals surface area contributed by atoms with Crippen LogP contribution in [0, 0.1) is 19.3 Å². The summed E-state index contributed by atoms with van der Waals surface area (Å²) in [6.45, 7) is 6.73. The second-order valence-electron chi connectivity index (χ2n) is 4.33. The summed E-state index contributed by atoms with van der Waals surface area (Å²) < 4.78 is 5.64. The largest absolute Gasteiger partial charge is 0.494 e. The molecule has 108 valence electrons. The van der Waals surface area contributed by atoms with Crippen LogP contribution in [0.2, 0.25) is 0 Å². The number of guanidine groups is 1. The molecule has 0 atom stereocenters. The van der Waals surface area contributed by atoms with E-state index in [1.165, 1.54) is 5.56 Å². The molecule has 1 aromatic carbocycles. The number of terminal acetylenes is 1. The fourth-order valence-corrected chi connectivity index (χ4v) is 1.56. The number of ether oxygens (including phenoxy) is 1. The number of aryl methyl sites for hydroxylation is 1. The third-order valence-electron chi connectivity index (χ3n) is 2.56. The molecule has 0 radical (unpaired) electrons. The quantitative estimate of drug-likeness (QED) is 0.345. The van der Waals surface area contributed by atoms with E-state index in [1.807, 2.05) is 31.2 Å². The van der Waals surface area contributed by atoms with Crippen LogP contribution >= 0.6 is 0 Å². The van der Waals surface area contributed by atoms with Crippen LogP contribution in [0.15, 0.2) is 29.3 Å². The Morgan fingerprint density at radius 3 is 2.70 bits per heavy atom. The van der Waals surface area contributed by atoms with Gasteiger partial charge in [-0.1, -0.05) is 23.6 Å². The van der Waals surface area contributed by atoms with Crippen LogP contribution in [-0.2, 0) is 0 Å². The van der Waals surface area contributed by atoms with Gasteiger partial charge >= 0.3 is 0 Å². The smallest absolute Gasteiger partial charge is 0.192 e. The topological polar surface area (TPSA) is 45.7 Å². The predicted molar refractivity (Wildman–Crippen MR) is 84.1 cm³/mol. The van der Waals surface area contributed by atoms with E-state index >= 15 is 0 Å². The number of nitrogens with zero attached hydrogens (tertiary/aromatic N) is 1.